The molecule has 0 saturated heterocycles. The number of benzene rings is 2. The molecule has 2 aromatic carbocycles. The van der Waals surface area contributed by atoms with E-state index in [4.69, 9.17) is 11.6 Å². The van der Waals surface area contributed by atoms with Crippen LogP contribution in [-0.2, 0) is 21.0 Å². The van der Waals surface area contributed by atoms with E-state index in [1.54, 1.807) is 26.0 Å². The van der Waals surface area contributed by atoms with Crippen LogP contribution in [0.15, 0.2) is 48.5 Å². The summed E-state index contributed by atoms with van der Waals surface area (Å²) in [7, 11) is -8.40. The number of hydrogen-bond donors (Lipinski definition) is 3. The van der Waals surface area contributed by atoms with Gasteiger partial charge in [-0.2, -0.15) is 4.72 Å². The van der Waals surface area contributed by atoms with Gasteiger partial charge >= 0.3 is 7.60 Å². The molecule has 2 rings (SSSR count). The van der Waals surface area contributed by atoms with E-state index in [9.17, 15) is 22.8 Å². The van der Waals surface area contributed by atoms with Crippen molar-refractivity contribution in [2.75, 3.05) is 5.75 Å². The Labute approximate surface area is 164 Å². The summed E-state index contributed by atoms with van der Waals surface area (Å²) in [6.45, 7) is 3.11. The Bertz CT molecular complexity index is 908. The molecule has 27 heavy (non-hydrogen) atoms. The van der Waals surface area contributed by atoms with Crippen molar-refractivity contribution in [2.24, 2.45) is 5.92 Å². The van der Waals surface area contributed by atoms with Crippen LogP contribution >= 0.6 is 19.2 Å². The molecule has 6 nitrogen and oxygen atoms in total. The lowest BCUT2D eigenvalue weighted by atomic mass is 10.0. The lowest BCUT2D eigenvalue weighted by Crippen LogP contribution is -2.39. The van der Waals surface area contributed by atoms with Crippen molar-refractivity contribution in [2.45, 2.75) is 26.1 Å². The van der Waals surface area contributed by atoms with Gasteiger partial charge in [0.2, 0.25) is 10.0 Å². The van der Waals surface area contributed by atoms with Gasteiger partial charge in [-0.1, -0.05) is 61.8 Å². The van der Waals surface area contributed by atoms with Crippen LogP contribution in [0.3, 0.4) is 0 Å². The van der Waals surface area contributed by atoms with Crippen LogP contribution in [-0.4, -0.2) is 29.7 Å². The summed E-state index contributed by atoms with van der Waals surface area (Å²) in [4.78, 5) is 18.7. The van der Waals surface area contributed by atoms with Crippen LogP contribution in [0.5, 0.6) is 0 Å². The van der Waals surface area contributed by atoms with Gasteiger partial charge in [-0.25, -0.2) is 8.42 Å². The number of halogens is 1. The van der Waals surface area contributed by atoms with Crippen molar-refractivity contribution >= 4 is 29.2 Å². The minimum absolute atomic E-state index is 0.238. The topological polar surface area (TPSA) is 104 Å². The molecule has 0 aromatic heterocycles. The second-order valence-electron chi connectivity index (χ2n) is 6.67. The van der Waals surface area contributed by atoms with E-state index in [1.165, 1.54) is 0 Å². The molecule has 1 unspecified atom stereocenters. The molecular formula is C18H23ClNO5PS. The summed E-state index contributed by atoms with van der Waals surface area (Å²) in [5, 5.41) is 0.656. The Morgan fingerprint density at radius 2 is 1.48 bits per heavy atom. The fraction of sp³-hybridized carbons (Fsp3) is 0.333. The minimum Gasteiger partial charge on any atom is -0.323 e. The molecule has 0 spiro atoms. The molecule has 0 bridgehead atoms. The fourth-order valence-electron chi connectivity index (χ4n) is 2.59. The zero-order valence-corrected chi connectivity index (χ0v) is 17.5. The molecule has 0 amide bonds. The average Bonchev–Trinajstić information content (AvgIpc) is 2.58. The van der Waals surface area contributed by atoms with Crippen molar-refractivity contribution in [1.29, 1.82) is 0 Å². The number of sulfonamides is 1. The largest absolute Gasteiger partial charge is 0.343 e. The highest BCUT2D eigenvalue weighted by Crippen LogP contribution is 2.43. The molecule has 0 fully saturated rings. The number of rotatable bonds is 8. The molecule has 2 aromatic rings. The van der Waals surface area contributed by atoms with Gasteiger partial charge in [0.05, 0.1) is 5.75 Å². The van der Waals surface area contributed by atoms with Crippen LogP contribution < -0.4 is 4.72 Å². The highest BCUT2D eigenvalue weighted by Gasteiger charge is 2.34. The molecule has 0 aliphatic carbocycles. The first-order chi connectivity index (χ1) is 12.5. The van der Waals surface area contributed by atoms with Crippen LogP contribution in [0.1, 0.15) is 19.4 Å². The van der Waals surface area contributed by atoms with Crippen molar-refractivity contribution in [3.8, 4) is 11.1 Å². The molecule has 9 heteroatoms. The smallest absolute Gasteiger partial charge is 0.323 e. The van der Waals surface area contributed by atoms with Gasteiger partial charge in [0, 0.05) is 5.02 Å². The zero-order valence-electron chi connectivity index (χ0n) is 15.0. The third kappa shape index (κ3) is 6.71. The standard InChI is InChI=1S/C18H23ClNO5PS/c1-13(2)18(26(21,22)23)20-27(24,25)12-11-14-3-5-15(6-4-14)16-7-9-17(19)10-8-16/h3-10,13,18,20H,11-12H2,1-2H3,(H2,21,22,23). The lowest BCUT2D eigenvalue weighted by molar-refractivity contribution is 0.336. The first kappa shape index (κ1) is 22.1. The SMILES string of the molecule is CC(C)C(NS(=O)(=O)CCc1ccc(-c2ccc(Cl)cc2)cc1)P(=O)(O)O. The summed E-state index contributed by atoms with van der Waals surface area (Å²) in [5.74, 6) is -2.20. The van der Waals surface area contributed by atoms with Gasteiger partial charge in [-0.15, -0.1) is 0 Å². The third-order valence-corrected chi connectivity index (χ3v) is 7.32. The van der Waals surface area contributed by atoms with Gasteiger partial charge in [-0.05, 0) is 41.2 Å². The van der Waals surface area contributed by atoms with Crippen molar-refractivity contribution < 1.29 is 22.8 Å². The van der Waals surface area contributed by atoms with E-state index in [1.807, 2.05) is 36.4 Å². The van der Waals surface area contributed by atoms with E-state index in [2.05, 4.69) is 4.72 Å². The molecule has 0 radical (unpaired) electrons. The van der Waals surface area contributed by atoms with Gasteiger partial charge < -0.3 is 9.79 Å². The third-order valence-electron chi connectivity index (χ3n) is 4.09. The normalized spacial score (nSPS) is 13.7. The molecule has 0 saturated carbocycles. The van der Waals surface area contributed by atoms with Crippen LogP contribution in [0, 0.1) is 5.92 Å². The average molecular weight is 432 g/mol. The van der Waals surface area contributed by atoms with Gasteiger partial charge in [0.1, 0.15) is 5.78 Å². The monoisotopic (exact) mass is 431 g/mol. The van der Waals surface area contributed by atoms with Crippen molar-refractivity contribution in [3.05, 3.63) is 59.1 Å². The molecule has 0 aliphatic heterocycles. The number of hydrogen-bond acceptors (Lipinski definition) is 3. The maximum absolute atomic E-state index is 12.2. The van der Waals surface area contributed by atoms with E-state index < -0.39 is 29.3 Å². The molecular weight excluding hydrogens is 409 g/mol. The summed E-state index contributed by atoms with van der Waals surface area (Å²) in [6, 6.07) is 14.9. The van der Waals surface area contributed by atoms with Crippen LogP contribution in [0.2, 0.25) is 5.02 Å². The second-order valence-corrected chi connectivity index (χ2v) is 10.7. The van der Waals surface area contributed by atoms with E-state index in [0.29, 0.717) is 5.02 Å². The first-order valence-corrected chi connectivity index (χ1v) is 12.1. The predicted molar refractivity (Wildman–Crippen MR) is 108 cm³/mol. The van der Waals surface area contributed by atoms with E-state index in [-0.39, 0.29) is 12.2 Å². The predicted octanol–water partition coefficient (Wildman–Crippen LogP) is 3.63. The van der Waals surface area contributed by atoms with E-state index >= 15 is 0 Å². The Kier molecular flexibility index (Phi) is 7.25. The Morgan fingerprint density at radius 3 is 1.93 bits per heavy atom. The number of aryl methyl sites for hydroxylation is 1. The van der Waals surface area contributed by atoms with Crippen LogP contribution in [0.4, 0.5) is 0 Å². The Morgan fingerprint density at radius 1 is 1.00 bits per heavy atom. The maximum atomic E-state index is 12.2. The molecule has 0 heterocycles. The van der Waals surface area contributed by atoms with Gasteiger partial charge in [0.25, 0.3) is 0 Å². The summed E-state index contributed by atoms with van der Waals surface area (Å²) < 4.78 is 38.1. The zero-order chi connectivity index (χ0) is 20.2. The van der Waals surface area contributed by atoms with Gasteiger partial charge in [0.15, 0.2) is 0 Å². The highest BCUT2D eigenvalue weighted by molar-refractivity contribution is 7.89. The summed E-state index contributed by atoms with van der Waals surface area (Å²) in [5.41, 5.74) is 2.80. The maximum Gasteiger partial charge on any atom is 0.343 e. The lowest BCUT2D eigenvalue weighted by Gasteiger charge is -2.23. The van der Waals surface area contributed by atoms with Crippen LogP contribution in [0.25, 0.3) is 11.1 Å². The minimum atomic E-state index is -4.57. The Balaban J connectivity index is 2.03. The molecule has 0 aliphatic rings. The van der Waals surface area contributed by atoms with Crippen molar-refractivity contribution in [1.82, 2.24) is 4.72 Å². The summed E-state index contributed by atoms with van der Waals surface area (Å²) in [6.07, 6.45) is 0.238. The molecule has 148 valence electrons. The Hall–Kier alpha value is -1.21. The molecule has 3 N–H and O–H groups in total. The fourth-order valence-corrected chi connectivity index (χ4v) is 5.79. The highest BCUT2D eigenvalue weighted by atomic mass is 35.5. The van der Waals surface area contributed by atoms with Gasteiger partial charge in [-0.3, -0.25) is 4.57 Å². The van der Waals surface area contributed by atoms with E-state index in [0.717, 1.165) is 16.7 Å². The summed E-state index contributed by atoms with van der Waals surface area (Å²) >= 11 is 5.88. The first-order valence-electron chi connectivity index (χ1n) is 8.38. The second kappa shape index (κ2) is 8.86. The number of nitrogens with one attached hydrogen (secondary N) is 1. The van der Waals surface area contributed by atoms with Crippen molar-refractivity contribution in [3.63, 3.8) is 0 Å². The molecule has 1 atom stereocenters. The quantitative estimate of drug-likeness (QED) is 0.554.